The number of carbonyl (C=O) groups is 1. The van der Waals surface area contributed by atoms with Crippen molar-refractivity contribution in [2.75, 3.05) is 6.54 Å². The van der Waals surface area contributed by atoms with Crippen LogP contribution in [0, 0.1) is 5.92 Å². The number of benzene rings is 1. The van der Waals surface area contributed by atoms with Crippen LogP contribution in [0.4, 0.5) is 0 Å². The van der Waals surface area contributed by atoms with Crippen molar-refractivity contribution in [3.63, 3.8) is 0 Å². The van der Waals surface area contributed by atoms with E-state index in [0.29, 0.717) is 17.3 Å². The van der Waals surface area contributed by atoms with Crippen LogP contribution in [0.25, 0.3) is 11.3 Å². The van der Waals surface area contributed by atoms with Crippen molar-refractivity contribution >= 4 is 5.78 Å². The Kier molecular flexibility index (Phi) is 5.23. The fourth-order valence-electron chi connectivity index (χ4n) is 3.30. The second kappa shape index (κ2) is 7.55. The molecule has 0 saturated heterocycles. The standard InChI is InChI=1S/C19H24N2O2/c1-2-14(12-20-16-10-6-7-11-16)19(22)17-13-23-21-18(17)15-8-4-3-5-9-15/h3-5,8-9,13-14,16,20H,2,6-7,10-12H2,1H3. The van der Waals surface area contributed by atoms with Crippen molar-refractivity contribution < 1.29 is 9.32 Å². The highest BCUT2D eigenvalue weighted by atomic mass is 16.5. The lowest BCUT2D eigenvalue weighted by molar-refractivity contribution is 0.0913. The van der Waals surface area contributed by atoms with Crippen molar-refractivity contribution in [1.82, 2.24) is 10.5 Å². The van der Waals surface area contributed by atoms with Crippen LogP contribution in [0.5, 0.6) is 0 Å². The Bertz CT molecular complexity index is 630. The van der Waals surface area contributed by atoms with Crippen LogP contribution in [0.2, 0.25) is 0 Å². The van der Waals surface area contributed by atoms with Gasteiger partial charge in [0.15, 0.2) is 5.78 Å². The molecule has 0 aliphatic heterocycles. The van der Waals surface area contributed by atoms with Crippen molar-refractivity contribution in [3.05, 3.63) is 42.2 Å². The molecule has 1 unspecified atom stereocenters. The Morgan fingerprint density at radius 3 is 2.74 bits per heavy atom. The van der Waals surface area contributed by atoms with Crippen molar-refractivity contribution in [2.45, 2.75) is 45.1 Å². The highest BCUT2D eigenvalue weighted by molar-refractivity contribution is 6.02. The summed E-state index contributed by atoms with van der Waals surface area (Å²) in [6.07, 6.45) is 7.36. The molecule has 4 nitrogen and oxygen atoms in total. The molecule has 0 spiro atoms. The molecule has 0 radical (unpaired) electrons. The van der Waals surface area contributed by atoms with Gasteiger partial charge in [0.2, 0.25) is 0 Å². The largest absolute Gasteiger partial charge is 0.363 e. The topological polar surface area (TPSA) is 55.1 Å². The summed E-state index contributed by atoms with van der Waals surface area (Å²) in [7, 11) is 0. The lowest BCUT2D eigenvalue weighted by atomic mass is 9.93. The average Bonchev–Trinajstić information content (AvgIpc) is 3.27. The van der Waals surface area contributed by atoms with Gasteiger partial charge in [-0.3, -0.25) is 4.79 Å². The minimum Gasteiger partial charge on any atom is -0.363 e. The van der Waals surface area contributed by atoms with E-state index in [2.05, 4.69) is 17.4 Å². The van der Waals surface area contributed by atoms with E-state index in [9.17, 15) is 4.79 Å². The number of hydrogen-bond acceptors (Lipinski definition) is 4. The predicted molar refractivity (Wildman–Crippen MR) is 90.3 cm³/mol. The lowest BCUT2D eigenvalue weighted by Crippen LogP contribution is -2.34. The predicted octanol–water partition coefficient (Wildman–Crippen LogP) is 4.08. The Hall–Kier alpha value is -1.94. The van der Waals surface area contributed by atoms with Gasteiger partial charge < -0.3 is 9.84 Å². The van der Waals surface area contributed by atoms with Gasteiger partial charge in [0.1, 0.15) is 12.0 Å². The van der Waals surface area contributed by atoms with Crippen LogP contribution in [0.1, 0.15) is 49.4 Å². The van der Waals surface area contributed by atoms with Gasteiger partial charge in [-0.05, 0) is 19.3 Å². The van der Waals surface area contributed by atoms with Gasteiger partial charge in [-0.25, -0.2) is 0 Å². The quantitative estimate of drug-likeness (QED) is 0.783. The van der Waals surface area contributed by atoms with Crippen LogP contribution < -0.4 is 5.32 Å². The van der Waals surface area contributed by atoms with Gasteiger partial charge in [-0.2, -0.15) is 0 Å². The third-order valence-corrected chi connectivity index (χ3v) is 4.75. The molecular weight excluding hydrogens is 288 g/mol. The first-order valence-corrected chi connectivity index (χ1v) is 8.57. The van der Waals surface area contributed by atoms with E-state index >= 15 is 0 Å². The molecule has 1 aliphatic rings. The Labute approximate surface area is 137 Å². The van der Waals surface area contributed by atoms with Gasteiger partial charge in [0, 0.05) is 24.1 Å². The molecule has 1 N–H and O–H groups in total. The molecule has 1 aromatic carbocycles. The molecule has 1 saturated carbocycles. The first-order chi connectivity index (χ1) is 11.3. The fourth-order valence-corrected chi connectivity index (χ4v) is 3.30. The van der Waals surface area contributed by atoms with Crippen LogP contribution in [0.3, 0.4) is 0 Å². The molecule has 1 aromatic heterocycles. The number of aromatic nitrogens is 1. The first kappa shape index (κ1) is 15.9. The molecule has 1 aliphatic carbocycles. The second-order valence-electron chi connectivity index (χ2n) is 6.30. The Balaban J connectivity index is 1.72. The van der Waals surface area contributed by atoms with E-state index in [4.69, 9.17) is 4.52 Å². The third kappa shape index (κ3) is 3.70. The normalized spacial score (nSPS) is 16.6. The van der Waals surface area contributed by atoms with E-state index in [0.717, 1.165) is 18.5 Å². The zero-order valence-electron chi connectivity index (χ0n) is 13.6. The van der Waals surface area contributed by atoms with Gasteiger partial charge in [-0.1, -0.05) is 55.3 Å². The molecule has 1 heterocycles. The molecule has 0 bridgehead atoms. The van der Waals surface area contributed by atoms with Crippen molar-refractivity contribution in [2.24, 2.45) is 5.92 Å². The summed E-state index contributed by atoms with van der Waals surface area (Å²) >= 11 is 0. The summed E-state index contributed by atoms with van der Waals surface area (Å²) in [6, 6.07) is 10.3. The van der Waals surface area contributed by atoms with Crippen LogP contribution in [0.15, 0.2) is 41.1 Å². The number of carbonyl (C=O) groups excluding carboxylic acids is 1. The maximum atomic E-state index is 12.9. The molecule has 1 atom stereocenters. The molecule has 23 heavy (non-hydrogen) atoms. The van der Waals surface area contributed by atoms with E-state index in [1.807, 2.05) is 30.3 Å². The summed E-state index contributed by atoms with van der Waals surface area (Å²) < 4.78 is 5.10. The lowest BCUT2D eigenvalue weighted by Gasteiger charge is -2.18. The average molecular weight is 312 g/mol. The molecule has 1 fully saturated rings. The highest BCUT2D eigenvalue weighted by Crippen LogP contribution is 2.25. The fraction of sp³-hybridized carbons (Fsp3) is 0.474. The smallest absolute Gasteiger partial charge is 0.172 e. The van der Waals surface area contributed by atoms with Gasteiger partial charge in [0.25, 0.3) is 0 Å². The van der Waals surface area contributed by atoms with Crippen LogP contribution in [-0.4, -0.2) is 23.5 Å². The summed E-state index contributed by atoms with van der Waals surface area (Å²) in [5, 5.41) is 7.61. The zero-order valence-corrected chi connectivity index (χ0v) is 13.6. The van der Waals surface area contributed by atoms with E-state index in [1.54, 1.807) is 0 Å². The van der Waals surface area contributed by atoms with Crippen LogP contribution >= 0.6 is 0 Å². The van der Waals surface area contributed by atoms with E-state index in [1.165, 1.54) is 31.9 Å². The maximum absolute atomic E-state index is 12.9. The molecule has 3 rings (SSSR count). The van der Waals surface area contributed by atoms with Gasteiger partial charge >= 0.3 is 0 Å². The van der Waals surface area contributed by atoms with E-state index in [-0.39, 0.29) is 11.7 Å². The SMILES string of the molecule is CCC(CNC1CCCC1)C(=O)c1conc1-c1ccccc1. The molecule has 4 heteroatoms. The first-order valence-electron chi connectivity index (χ1n) is 8.57. The Morgan fingerprint density at radius 2 is 2.04 bits per heavy atom. The number of Topliss-reactive ketones (excluding diaryl/α,β-unsaturated/α-hetero) is 1. The number of rotatable bonds is 7. The number of nitrogens with one attached hydrogen (secondary N) is 1. The van der Waals surface area contributed by atoms with Crippen molar-refractivity contribution in [1.29, 1.82) is 0 Å². The van der Waals surface area contributed by atoms with Gasteiger partial charge in [0.05, 0.1) is 5.56 Å². The molecule has 0 amide bonds. The summed E-state index contributed by atoms with van der Waals surface area (Å²) in [5.41, 5.74) is 2.16. The molecule has 2 aromatic rings. The van der Waals surface area contributed by atoms with Gasteiger partial charge in [-0.15, -0.1) is 0 Å². The van der Waals surface area contributed by atoms with Crippen LogP contribution in [-0.2, 0) is 0 Å². The molecule has 122 valence electrons. The summed E-state index contributed by atoms with van der Waals surface area (Å²) in [6.45, 7) is 2.80. The number of ketones is 1. The Morgan fingerprint density at radius 1 is 1.30 bits per heavy atom. The highest BCUT2D eigenvalue weighted by Gasteiger charge is 2.25. The minimum atomic E-state index is -0.0301. The summed E-state index contributed by atoms with van der Waals surface area (Å²) in [4.78, 5) is 12.9. The monoisotopic (exact) mass is 312 g/mol. The number of nitrogens with zero attached hydrogens (tertiary/aromatic N) is 1. The third-order valence-electron chi connectivity index (χ3n) is 4.75. The van der Waals surface area contributed by atoms with E-state index < -0.39 is 0 Å². The maximum Gasteiger partial charge on any atom is 0.172 e. The summed E-state index contributed by atoms with van der Waals surface area (Å²) in [5.74, 6) is 0.0931. The zero-order chi connectivity index (χ0) is 16.1. The second-order valence-corrected chi connectivity index (χ2v) is 6.30. The van der Waals surface area contributed by atoms with Crippen molar-refractivity contribution in [3.8, 4) is 11.3 Å². The molecular formula is C19H24N2O2. The minimum absolute atomic E-state index is 0.0301. The number of hydrogen-bond donors (Lipinski definition) is 1.